The van der Waals surface area contributed by atoms with Crippen LogP contribution < -0.4 is 5.32 Å². The number of nitrogens with zero attached hydrogens (tertiary/aromatic N) is 1. The molecule has 1 aliphatic rings. The first-order chi connectivity index (χ1) is 8.38. The molecule has 1 heterocycles. The molecule has 1 rings (SSSR count). The summed E-state index contributed by atoms with van der Waals surface area (Å²) < 4.78 is 0. The van der Waals surface area contributed by atoms with Crippen LogP contribution in [-0.2, 0) is 0 Å². The molecule has 1 aliphatic heterocycles. The molecule has 0 aliphatic carbocycles. The second-order valence-electron chi connectivity index (χ2n) is 6.67. The fourth-order valence-corrected chi connectivity index (χ4v) is 2.79. The predicted molar refractivity (Wildman–Crippen MR) is 76.6 cm³/mol. The standard InChI is InChI=1S/C15H30N2O/c1-11(2)6-7-14(5)16-15(18)17-9-12(3)8-13(4)10-17/h11-14H,6-10H2,1-5H3,(H,16,18). The van der Waals surface area contributed by atoms with Crippen molar-refractivity contribution in [3.63, 3.8) is 0 Å². The Balaban J connectivity index is 2.35. The van der Waals surface area contributed by atoms with Gasteiger partial charge in [-0.3, -0.25) is 0 Å². The SMILES string of the molecule is CC(C)CCC(C)NC(=O)N1CC(C)CC(C)C1. The second-order valence-corrected chi connectivity index (χ2v) is 6.67. The summed E-state index contributed by atoms with van der Waals surface area (Å²) in [6, 6.07) is 0.414. The molecule has 0 bridgehead atoms. The number of rotatable bonds is 4. The van der Waals surface area contributed by atoms with E-state index in [2.05, 4.69) is 39.9 Å². The fraction of sp³-hybridized carbons (Fsp3) is 0.933. The number of amides is 2. The summed E-state index contributed by atoms with van der Waals surface area (Å²) in [6.07, 6.45) is 3.49. The second kappa shape index (κ2) is 7.01. The summed E-state index contributed by atoms with van der Waals surface area (Å²) in [7, 11) is 0. The molecule has 0 spiro atoms. The van der Waals surface area contributed by atoms with E-state index in [1.807, 2.05) is 4.90 Å². The van der Waals surface area contributed by atoms with Crippen LogP contribution in [0.15, 0.2) is 0 Å². The van der Waals surface area contributed by atoms with Crippen LogP contribution in [-0.4, -0.2) is 30.1 Å². The zero-order chi connectivity index (χ0) is 13.7. The lowest BCUT2D eigenvalue weighted by atomic mass is 9.92. The molecule has 18 heavy (non-hydrogen) atoms. The van der Waals surface area contributed by atoms with Crippen LogP contribution in [0.4, 0.5) is 4.79 Å². The van der Waals surface area contributed by atoms with Crippen molar-refractivity contribution >= 4 is 6.03 Å². The smallest absolute Gasteiger partial charge is 0.317 e. The van der Waals surface area contributed by atoms with Crippen molar-refractivity contribution < 1.29 is 4.79 Å². The number of carbonyl (C=O) groups is 1. The van der Waals surface area contributed by atoms with Crippen LogP contribution in [0.2, 0.25) is 0 Å². The quantitative estimate of drug-likeness (QED) is 0.818. The van der Waals surface area contributed by atoms with Gasteiger partial charge in [-0.2, -0.15) is 0 Å². The topological polar surface area (TPSA) is 32.3 Å². The molecule has 1 fully saturated rings. The Morgan fingerprint density at radius 3 is 2.22 bits per heavy atom. The van der Waals surface area contributed by atoms with Crippen molar-refractivity contribution in [2.24, 2.45) is 17.8 Å². The molecule has 2 amide bonds. The largest absolute Gasteiger partial charge is 0.336 e. The van der Waals surface area contributed by atoms with Gasteiger partial charge in [0.25, 0.3) is 0 Å². The van der Waals surface area contributed by atoms with Crippen molar-refractivity contribution in [3.8, 4) is 0 Å². The Labute approximate surface area is 112 Å². The third-order valence-corrected chi connectivity index (χ3v) is 3.70. The van der Waals surface area contributed by atoms with Crippen LogP contribution in [0, 0.1) is 17.8 Å². The maximum Gasteiger partial charge on any atom is 0.317 e. The molecule has 3 unspecified atom stereocenters. The Bertz CT molecular complexity index is 255. The molecular formula is C15H30N2O. The third kappa shape index (κ3) is 5.28. The summed E-state index contributed by atoms with van der Waals surface area (Å²) in [4.78, 5) is 14.1. The molecule has 106 valence electrons. The molecular weight excluding hydrogens is 224 g/mol. The molecule has 0 aromatic heterocycles. The minimum atomic E-state index is 0.129. The highest BCUT2D eigenvalue weighted by Gasteiger charge is 2.25. The van der Waals surface area contributed by atoms with E-state index >= 15 is 0 Å². The Hall–Kier alpha value is -0.730. The van der Waals surface area contributed by atoms with Crippen molar-refractivity contribution in [3.05, 3.63) is 0 Å². The van der Waals surface area contributed by atoms with Gasteiger partial charge in [0.2, 0.25) is 0 Å². The average molecular weight is 254 g/mol. The molecule has 0 saturated carbocycles. The fourth-order valence-electron chi connectivity index (χ4n) is 2.79. The van der Waals surface area contributed by atoms with Gasteiger partial charge in [-0.25, -0.2) is 4.79 Å². The van der Waals surface area contributed by atoms with Gasteiger partial charge in [-0.1, -0.05) is 27.7 Å². The summed E-state index contributed by atoms with van der Waals surface area (Å²) in [5.41, 5.74) is 0. The van der Waals surface area contributed by atoms with Crippen LogP contribution in [0.3, 0.4) is 0 Å². The minimum absolute atomic E-state index is 0.129. The van der Waals surface area contributed by atoms with E-state index in [-0.39, 0.29) is 12.1 Å². The van der Waals surface area contributed by atoms with Gasteiger partial charge in [-0.05, 0) is 43.9 Å². The lowest BCUT2D eigenvalue weighted by molar-refractivity contribution is 0.143. The number of likely N-dealkylation sites (tertiary alicyclic amines) is 1. The van der Waals surface area contributed by atoms with E-state index in [4.69, 9.17) is 0 Å². The van der Waals surface area contributed by atoms with Gasteiger partial charge < -0.3 is 10.2 Å². The first-order valence-corrected chi connectivity index (χ1v) is 7.44. The number of urea groups is 1. The van der Waals surface area contributed by atoms with Crippen LogP contribution >= 0.6 is 0 Å². The van der Waals surface area contributed by atoms with Crippen LogP contribution in [0.1, 0.15) is 53.9 Å². The van der Waals surface area contributed by atoms with E-state index in [0.717, 1.165) is 19.5 Å². The van der Waals surface area contributed by atoms with Crippen LogP contribution in [0.5, 0.6) is 0 Å². The van der Waals surface area contributed by atoms with Crippen molar-refractivity contribution in [2.45, 2.75) is 59.9 Å². The molecule has 3 nitrogen and oxygen atoms in total. The van der Waals surface area contributed by atoms with E-state index in [9.17, 15) is 4.79 Å². The molecule has 1 saturated heterocycles. The summed E-state index contributed by atoms with van der Waals surface area (Å²) in [6.45, 7) is 12.8. The molecule has 3 heteroatoms. The first-order valence-electron chi connectivity index (χ1n) is 7.44. The monoisotopic (exact) mass is 254 g/mol. The molecule has 1 N–H and O–H groups in total. The number of hydrogen-bond acceptors (Lipinski definition) is 1. The zero-order valence-electron chi connectivity index (χ0n) is 12.7. The Kier molecular flexibility index (Phi) is 5.97. The van der Waals surface area contributed by atoms with E-state index in [1.165, 1.54) is 12.8 Å². The van der Waals surface area contributed by atoms with Crippen molar-refractivity contribution in [1.82, 2.24) is 10.2 Å². The highest BCUT2D eigenvalue weighted by molar-refractivity contribution is 5.74. The minimum Gasteiger partial charge on any atom is -0.336 e. The lowest BCUT2D eigenvalue weighted by Gasteiger charge is -2.35. The molecule has 0 aromatic rings. The summed E-state index contributed by atoms with van der Waals surface area (Å²) >= 11 is 0. The lowest BCUT2D eigenvalue weighted by Crippen LogP contribution is -2.49. The summed E-state index contributed by atoms with van der Waals surface area (Å²) in [5, 5.41) is 3.13. The summed E-state index contributed by atoms with van der Waals surface area (Å²) in [5.74, 6) is 1.97. The van der Waals surface area contributed by atoms with Gasteiger partial charge in [0.15, 0.2) is 0 Å². The predicted octanol–water partition coefficient (Wildman–Crippen LogP) is 3.50. The maximum absolute atomic E-state index is 12.2. The highest BCUT2D eigenvalue weighted by Crippen LogP contribution is 2.21. The Morgan fingerprint density at radius 2 is 1.72 bits per heavy atom. The van der Waals surface area contributed by atoms with Gasteiger partial charge in [-0.15, -0.1) is 0 Å². The molecule has 3 atom stereocenters. The van der Waals surface area contributed by atoms with Gasteiger partial charge in [0.05, 0.1) is 0 Å². The molecule has 0 radical (unpaired) electrons. The number of carbonyl (C=O) groups excluding carboxylic acids is 1. The normalized spacial score (nSPS) is 26.2. The Morgan fingerprint density at radius 1 is 1.17 bits per heavy atom. The van der Waals surface area contributed by atoms with Crippen LogP contribution in [0.25, 0.3) is 0 Å². The van der Waals surface area contributed by atoms with Crippen molar-refractivity contribution in [2.75, 3.05) is 13.1 Å². The van der Waals surface area contributed by atoms with Crippen molar-refractivity contribution in [1.29, 1.82) is 0 Å². The first kappa shape index (κ1) is 15.3. The van der Waals surface area contributed by atoms with E-state index in [0.29, 0.717) is 17.8 Å². The van der Waals surface area contributed by atoms with Gasteiger partial charge in [0, 0.05) is 19.1 Å². The highest BCUT2D eigenvalue weighted by atomic mass is 16.2. The van der Waals surface area contributed by atoms with Gasteiger partial charge >= 0.3 is 6.03 Å². The maximum atomic E-state index is 12.2. The zero-order valence-corrected chi connectivity index (χ0v) is 12.7. The number of hydrogen-bond donors (Lipinski definition) is 1. The van der Waals surface area contributed by atoms with E-state index < -0.39 is 0 Å². The number of nitrogens with one attached hydrogen (secondary N) is 1. The van der Waals surface area contributed by atoms with Gasteiger partial charge in [0.1, 0.15) is 0 Å². The third-order valence-electron chi connectivity index (χ3n) is 3.70. The number of piperidine rings is 1. The average Bonchev–Trinajstić information content (AvgIpc) is 2.25. The molecule has 0 aromatic carbocycles. The van der Waals surface area contributed by atoms with E-state index in [1.54, 1.807) is 0 Å².